The lowest BCUT2D eigenvalue weighted by Crippen LogP contribution is -2.14. The van der Waals surface area contributed by atoms with Gasteiger partial charge in [0.05, 0.1) is 17.5 Å². The number of fused-ring (bicyclic) bond motifs is 1. The third kappa shape index (κ3) is 3.12. The van der Waals surface area contributed by atoms with Gasteiger partial charge in [-0.05, 0) is 30.7 Å². The molecule has 0 saturated heterocycles. The van der Waals surface area contributed by atoms with E-state index in [-0.39, 0.29) is 11.3 Å². The fraction of sp³-hybridized carbons (Fsp3) is 0.176. The Kier molecular flexibility index (Phi) is 4.08. The molecule has 2 heterocycles. The second kappa shape index (κ2) is 5.96. The van der Waals surface area contributed by atoms with E-state index in [0.29, 0.717) is 22.2 Å². The normalized spacial score (nSPS) is 11.7. The van der Waals surface area contributed by atoms with E-state index in [1.807, 2.05) is 0 Å². The number of hydrogen-bond acceptors (Lipinski definition) is 4. The molecule has 8 heteroatoms. The van der Waals surface area contributed by atoms with Crippen LogP contribution in [0.5, 0.6) is 0 Å². The highest BCUT2D eigenvalue weighted by Crippen LogP contribution is 2.28. The highest BCUT2D eigenvalue weighted by Gasteiger charge is 2.23. The summed E-state index contributed by atoms with van der Waals surface area (Å²) in [6.45, 7) is 1.60. The van der Waals surface area contributed by atoms with E-state index in [4.69, 9.17) is 0 Å². The number of aromatic nitrogens is 2. The molecule has 0 aliphatic carbocycles. The van der Waals surface area contributed by atoms with Crippen molar-refractivity contribution in [2.45, 2.75) is 6.92 Å². The van der Waals surface area contributed by atoms with Crippen LogP contribution >= 0.6 is 0 Å². The molecule has 3 aromatic rings. The maximum absolute atomic E-state index is 14.8. The summed E-state index contributed by atoms with van der Waals surface area (Å²) in [6.07, 6.45) is 4.12. The van der Waals surface area contributed by atoms with E-state index in [0.717, 1.165) is 6.26 Å². The van der Waals surface area contributed by atoms with Crippen LogP contribution in [-0.4, -0.2) is 30.0 Å². The zero-order chi connectivity index (χ0) is 18.4. The molecule has 0 amide bonds. The number of rotatable bonds is 4. The fourth-order valence-electron chi connectivity index (χ4n) is 2.76. The molecule has 0 saturated carbocycles. The van der Waals surface area contributed by atoms with Crippen molar-refractivity contribution in [3.05, 3.63) is 59.2 Å². The summed E-state index contributed by atoms with van der Waals surface area (Å²) in [5, 5.41) is 0.607. The van der Waals surface area contributed by atoms with Gasteiger partial charge in [-0.3, -0.25) is 9.52 Å². The van der Waals surface area contributed by atoms with Gasteiger partial charge < -0.3 is 4.57 Å². The van der Waals surface area contributed by atoms with E-state index in [2.05, 4.69) is 9.71 Å². The first-order valence-electron chi connectivity index (χ1n) is 7.40. The minimum Gasteiger partial charge on any atom is -0.335 e. The molecule has 25 heavy (non-hydrogen) atoms. The van der Waals surface area contributed by atoms with Crippen LogP contribution < -0.4 is 4.72 Å². The molecular formula is C17H16FN3O3S. The van der Waals surface area contributed by atoms with Crippen molar-refractivity contribution in [3.63, 3.8) is 0 Å². The van der Waals surface area contributed by atoms with Crippen LogP contribution in [0, 0.1) is 12.7 Å². The van der Waals surface area contributed by atoms with Crippen molar-refractivity contribution >= 4 is 32.5 Å². The zero-order valence-corrected chi connectivity index (χ0v) is 14.7. The Balaban J connectivity index is 2.18. The standard InChI is InChI=1S/C17H16FN3O3S/c1-10-6-7-13(20-25(3,23)24)15(18)14(10)16(22)12-9-21(2)17-11(12)5-4-8-19-17/h4-9,20H,1-3H3. The van der Waals surface area contributed by atoms with Crippen molar-refractivity contribution in [2.24, 2.45) is 7.05 Å². The van der Waals surface area contributed by atoms with Crippen LogP contribution in [-0.2, 0) is 17.1 Å². The lowest BCUT2D eigenvalue weighted by Gasteiger charge is -2.11. The van der Waals surface area contributed by atoms with Crippen molar-refractivity contribution in [2.75, 3.05) is 11.0 Å². The predicted molar refractivity (Wildman–Crippen MR) is 93.8 cm³/mol. The van der Waals surface area contributed by atoms with Crippen molar-refractivity contribution < 1.29 is 17.6 Å². The number of ketones is 1. The Morgan fingerprint density at radius 2 is 2.00 bits per heavy atom. The summed E-state index contributed by atoms with van der Waals surface area (Å²) in [5.74, 6) is -1.41. The maximum atomic E-state index is 14.8. The van der Waals surface area contributed by atoms with Crippen molar-refractivity contribution in [1.29, 1.82) is 0 Å². The van der Waals surface area contributed by atoms with Crippen LogP contribution in [0.3, 0.4) is 0 Å². The summed E-state index contributed by atoms with van der Waals surface area (Å²) in [7, 11) is -1.92. The number of nitrogens with one attached hydrogen (secondary N) is 1. The molecule has 6 nitrogen and oxygen atoms in total. The number of pyridine rings is 1. The first-order valence-corrected chi connectivity index (χ1v) is 9.30. The van der Waals surface area contributed by atoms with Gasteiger partial charge in [0, 0.05) is 30.4 Å². The van der Waals surface area contributed by atoms with Gasteiger partial charge in [0.2, 0.25) is 10.0 Å². The number of carbonyl (C=O) groups excluding carboxylic acids is 1. The zero-order valence-electron chi connectivity index (χ0n) is 13.9. The van der Waals surface area contributed by atoms with Crippen LogP contribution in [0.4, 0.5) is 10.1 Å². The van der Waals surface area contributed by atoms with E-state index in [1.54, 1.807) is 43.1 Å². The first-order chi connectivity index (χ1) is 11.7. The van der Waals surface area contributed by atoms with Gasteiger partial charge in [-0.15, -0.1) is 0 Å². The largest absolute Gasteiger partial charge is 0.335 e. The van der Waals surface area contributed by atoms with E-state index in [9.17, 15) is 17.6 Å². The highest BCUT2D eigenvalue weighted by molar-refractivity contribution is 7.92. The lowest BCUT2D eigenvalue weighted by atomic mass is 9.98. The highest BCUT2D eigenvalue weighted by atomic mass is 32.2. The molecule has 2 aromatic heterocycles. The lowest BCUT2D eigenvalue weighted by molar-refractivity contribution is 0.103. The summed E-state index contributed by atoms with van der Waals surface area (Å²) in [6, 6.07) is 6.24. The quantitative estimate of drug-likeness (QED) is 0.725. The van der Waals surface area contributed by atoms with E-state index >= 15 is 0 Å². The van der Waals surface area contributed by atoms with Crippen molar-refractivity contribution in [1.82, 2.24) is 9.55 Å². The minimum atomic E-state index is -3.67. The van der Waals surface area contributed by atoms with Gasteiger partial charge >= 0.3 is 0 Å². The topological polar surface area (TPSA) is 81.1 Å². The minimum absolute atomic E-state index is 0.162. The summed E-state index contributed by atoms with van der Waals surface area (Å²) in [4.78, 5) is 17.2. The maximum Gasteiger partial charge on any atom is 0.229 e. The Morgan fingerprint density at radius 1 is 1.28 bits per heavy atom. The SMILES string of the molecule is Cc1ccc(NS(C)(=O)=O)c(F)c1C(=O)c1cn(C)c2ncccc12. The Labute approximate surface area is 144 Å². The van der Waals surface area contributed by atoms with Gasteiger partial charge in [0.1, 0.15) is 5.65 Å². The number of anilines is 1. The van der Waals surface area contributed by atoms with E-state index < -0.39 is 21.6 Å². The number of sulfonamides is 1. The summed E-state index contributed by atoms with van der Waals surface area (Å²) < 4.78 is 41.4. The number of aryl methyl sites for hydroxylation is 2. The first kappa shape index (κ1) is 17.1. The van der Waals surface area contributed by atoms with E-state index in [1.165, 1.54) is 12.1 Å². The Morgan fingerprint density at radius 3 is 2.68 bits per heavy atom. The Bertz CT molecular complexity index is 1100. The van der Waals surface area contributed by atoms with Crippen LogP contribution in [0.1, 0.15) is 21.5 Å². The molecule has 0 radical (unpaired) electrons. The van der Waals surface area contributed by atoms with Crippen LogP contribution in [0.25, 0.3) is 11.0 Å². The summed E-state index contributed by atoms with van der Waals surface area (Å²) in [5.41, 5.74) is 0.917. The van der Waals surface area contributed by atoms with Crippen LogP contribution in [0.15, 0.2) is 36.7 Å². The molecule has 0 unspecified atom stereocenters. The fourth-order valence-corrected chi connectivity index (χ4v) is 3.32. The third-order valence-electron chi connectivity index (χ3n) is 3.85. The molecule has 130 valence electrons. The molecule has 0 fully saturated rings. The van der Waals surface area contributed by atoms with Gasteiger partial charge in [-0.1, -0.05) is 6.07 Å². The number of carbonyl (C=O) groups is 1. The summed E-state index contributed by atoms with van der Waals surface area (Å²) >= 11 is 0. The predicted octanol–water partition coefficient (Wildman–Crippen LogP) is 2.62. The molecule has 1 aromatic carbocycles. The molecule has 0 aliphatic heterocycles. The molecule has 3 rings (SSSR count). The molecule has 0 atom stereocenters. The average Bonchev–Trinajstić information content (AvgIpc) is 2.87. The van der Waals surface area contributed by atoms with Gasteiger partial charge in [0.15, 0.2) is 11.6 Å². The molecular weight excluding hydrogens is 345 g/mol. The Hall–Kier alpha value is -2.74. The number of hydrogen-bond donors (Lipinski definition) is 1. The smallest absolute Gasteiger partial charge is 0.229 e. The van der Waals surface area contributed by atoms with Gasteiger partial charge in [0.25, 0.3) is 0 Å². The van der Waals surface area contributed by atoms with Gasteiger partial charge in [-0.2, -0.15) is 0 Å². The van der Waals surface area contributed by atoms with Crippen LogP contribution in [0.2, 0.25) is 0 Å². The average molecular weight is 361 g/mol. The molecule has 0 spiro atoms. The molecule has 0 bridgehead atoms. The molecule has 1 N–H and O–H groups in total. The van der Waals surface area contributed by atoms with Gasteiger partial charge in [-0.25, -0.2) is 17.8 Å². The number of nitrogens with zero attached hydrogens (tertiary/aromatic N) is 2. The number of benzene rings is 1. The second-order valence-electron chi connectivity index (χ2n) is 5.85. The van der Waals surface area contributed by atoms with Crippen molar-refractivity contribution in [3.8, 4) is 0 Å². The third-order valence-corrected chi connectivity index (χ3v) is 4.44. The second-order valence-corrected chi connectivity index (χ2v) is 7.60. The number of halogens is 1. The monoisotopic (exact) mass is 361 g/mol. The molecule has 0 aliphatic rings.